The van der Waals surface area contributed by atoms with Gasteiger partial charge in [0.05, 0.1) is 11.0 Å². The first kappa shape index (κ1) is 12.9. The Morgan fingerprint density at radius 2 is 1.74 bits per heavy atom. The summed E-state index contributed by atoms with van der Waals surface area (Å²) in [5.74, 6) is 0.884. The first-order valence-electron chi connectivity index (χ1n) is 7.65. The van der Waals surface area contributed by atoms with Crippen LogP contribution in [0.15, 0.2) is 60.7 Å². The number of H-pyrrole nitrogens is 1. The van der Waals surface area contributed by atoms with Gasteiger partial charge in [-0.2, -0.15) is 0 Å². The Bertz CT molecular complexity index is 1060. The molecule has 23 heavy (non-hydrogen) atoms. The number of fused-ring (bicyclic) bond motifs is 4. The Morgan fingerprint density at radius 3 is 2.70 bits per heavy atom. The minimum atomic E-state index is 0.718. The van der Waals surface area contributed by atoms with E-state index in [-0.39, 0.29) is 0 Å². The van der Waals surface area contributed by atoms with Gasteiger partial charge in [-0.15, -0.1) is 0 Å². The van der Waals surface area contributed by atoms with Crippen LogP contribution < -0.4 is 0 Å². The molecule has 0 aliphatic heterocycles. The molecule has 1 aliphatic carbocycles. The molecule has 110 valence electrons. The van der Waals surface area contributed by atoms with E-state index in [4.69, 9.17) is 16.6 Å². The summed E-state index contributed by atoms with van der Waals surface area (Å²) < 4.78 is 0. The zero-order valence-electron chi connectivity index (χ0n) is 12.3. The molecule has 1 aromatic heterocycles. The summed E-state index contributed by atoms with van der Waals surface area (Å²) in [6.07, 6.45) is 1.02. The highest BCUT2D eigenvalue weighted by Crippen LogP contribution is 2.38. The van der Waals surface area contributed by atoms with Crippen LogP contribution in [0.3, 0.4) is 0 Å². The average Bonchev–Trinajstić information content (AvgIpc) is 3.14. The van der Waals surface area contributed by atoms with Gasteiger partial charge in [0, 0.05) is 10.6 Å². The van der Waals surface area contributed by atoms with Crippen molar-refractivity contribution >= 4 is 22.6 Å². The van der Waals surface area contributed by atoms with Crippen molar-refractivity contribution in [1.82, 2.24) is 9.97 Å². The topological polar surface area (TPSA) is 28.7 Å². The molecule has 0 fully saturated rings. The van der Waals surface area contributed by atoms with Gasteiger partial charge in [-0.25, -0.2) is 4.98 Å². The van der Waals surface area contributed by atoms with Crippen LogP contribution in [-0.4, -0.2) is 9.97 Å². The zero-order chi connectivity index (χ0) is 15.4. The first-order chi connectivity index (χ1) is 11.3. The van der Waals surface area contributed by atoms with Crippen molar-refractivity contribution in [3.63, 3.8) is 0 Å². The second-order valence-corrected chi connectivity index (χ2v) is 6.39. The van der Waals surface area contributed by atoms with Gasteiger partial charge < -0.3 is 4.98 Å². The number of benzene rings is 3. The van der Waals surface area contributed by atoms with Gasteiger partial charge in [-0.1, -0.05) is 48.0 Å². The van der Waals surface area contributed by atoms with Crippen LogP contribution in [-0.2, 0) is 6.42 Å². The predicted molar refractivity (Wildman–Crippen MR) is 94.8 cm³/mol. The number of hydrogen-bond donors (Lipinski definition) is 1. The van der Waals surface area contributed by atoms with Crippen molar-refractivity contribution < 1.29 is 0 Å². The highest BCUT2D eigenvalue weighted by Gasteiger charge is 2.18. The molecular formula is C20H13ClN2. The third-order valence-electron chi connectivity index (χ3n) is 4.52. The Morgan fingerprint density at radius 1 is 0.870 bits per heavy atom. The molecule has 0 saturated heterocycles. The summed E-state index contributed by atoms with van der Waals surface area (Å²) in [6.45, 7) is 0. The number of nitrogens with zero attached hydrogens (tertiary/aromatic N) is 1. The fourth-order valence-electron chi connectivity index (χ4n) is 3.39. The molecule has 3 aromatic carbocycles. The van der Waals surface area contributed by atoms with Gasteiger partial charge in [-0.05, 0) is 52.9 Å². The van der Waals surface area contributed by atoms with Crippen LogP contribution >= 0.6 is 11.6 Å². The molecule has 5 rings (SSSR count). The van der Waals surface area contributed by atoms with Crippen LogP contribution in [0.5, 0.6) is 0 Å². The molecule has 1 aliphatic rings. The standard InChI is InChI=1S/C20H13ClN2/c21-15-7-8-18-19(11-15)23-20(22-18)14-6-5-13-9-12-3-1-2-4-16(12)17(13)10-14/h1-8,10-11H,9H2,(H,22,23). The summed E-state index contributed by atoms with van der Waals surface area (Å²) in [4.78, 5) is 8.06. The van der Waals surface area contributed by atoms with E-state index in [0.29, 0.717) is 0 Å². The first-order valence-corrected chi connectivity index (χ1v) is 8.02. The molecule has 3 heteroatoms. The quantitative estimate of drug-likeness (QED) is 0.437. The van der Waals surface area contributed by atoms with E-state index in [1.165, 1.54) is 22.3 Å². The second kappa shape index (κ2) is 4.71. The number of nitrogens with one attached hydrogen (secondary N) is 1. The minimum Gasteiger partial charge on any atom is -0.338 e. The molecule has 1 heterocycles. The lowest BCUT2D eigenvalue weighted by molar-refractivity contribution is 1.26. The number of rotatable bonds is 1. The van der Waals surface area contributed by atoms with Crippen LogP contribution in [0.1, 0.15) is 11.1 Å². The molecule has 0 amide bonds. The van der Waals surface area contributed by atoms with Crippen LogP contribution in [0.2, 0.25) is 5.02 Å². The number of halogens is 1. The Kier molecular flexibility index (Phi) is 2.64. The molecular weight excluding hydrogens is 304 g/mol. The van der Waals surface area contributed by atoms with E-state index < -0.39 is 0 Å². The van der Waals surface area contributed by atoms with Gasteiger partial charge in [0.2, 0.25) is 0 Å². The molecule has 0 unspecified atom stereocenters. The smallest absolute Gasteiger partial charge is 0.138 e. The van der Waals surface area contributed by atoms with E-state index in [9.17, 15) is 0 Å². The zero-order valence-corrected chi connectivity index (χ0v) is 13.1. The maximum absolute atomic E-state index is 6.06. The lowest BCUT2D eigenvalue weighted by atomic mass is 10.0. The van der Waals surface area contributed by atoms with Crippen molar-refractivity contribution in [2.75, 3.05) is 0 Å². The summed E-state index contributed by atoms with van der Waals surface area (Å²) in [5.41, 5.74) is 8.44. The Balaban J connectivity index is 1.67. The molecule has 0 saturated carbocycles. The maximum Gasteiger partial charge on any atom is 0.138 e. The van der Waals surface area contributed by atoms with Crippen molar-refractivity contribution in [2.45, 2.75) is 6.42 Å². The van der Waals surface area contributed by atoms with E-state index in [0.717, 1.165) is 33.9 Å². The number of imidazole rings is 1. The summed E-state index contributed by atoms with van der Waals surface area (Å²) >= 11 is 6.06. The molecule has 0 atom stereocenters. The molecule has 2 nitrogen and oxygen atoms in total. The third-order valence-corrected chi connectivity index (χ3v) is 4.75. The van der Waals surface area contributed by atoms with Crippen molar-refractivity contribution in [3.8, 4) is 22.5 Å². The van der Waals surface area contributed by atoms with E-state index in [1.54, 1.807) is 0 Å². The van der Waals surface area contributed by atoms with Gasteiger partial charge >= 0.3 is 0 Å². The molecule has 1 N–H and O–H groups in total. The number of aromatic amines is 1. The summed E-state index contributed by atoms with van der Waals surface area (Å²) in [5, 5.41) is 0.718. The summed E-state index contributed by atoms with van der Waals surface area (Å²) in [7, 11) is 0. The van der Waals surface area contributed by atoms with Crippen LogP contribution in [0, 0.1) is 0 Å². The van der Waals surface area contributed by atoms with Gasteiger partial charge in [0.1, 0.15) is 5.82 Å². The maximum atomic E-state index is 6.06. The monoisotopic (exact) mass is 316 g/mol. The average molecular weight is 317 g/mol. The molecule has 0 bridgehead atoms. The van der Waals surface area contributed by atoms with Gasteiger partial charge in [0.25, 0.3) is 0 Å². The third kappa shape index (κ3) is 1.99. The van der Waals surface area contributed by atoms with Crippen molar-refractivity contribution in [2.24, 2.45) is 0 Å². The lowest BCUT2D eigenvalue weighted by Crippen LogP contribution is -1.84. The number of hydrogen-bond acceptors (Lipinski definition) is 1. The van der Waals surface area contributed by atoms with Gasteiger partial charge in [0.15, 0.2) is 0 Å². The number of aromatic nitrogens is 2. The van der Waals surface area contributed by atoms with Crippen LogP contribution in [0.4, 0.5) is 0 Å². The molecule has 0 spiro atoms. The predicted octanol–water partition coefficient (Wildman–Crippen LogP) is 5.45. The highest BCUT2D eigenvalue weighted by atomic mass is 35.5. The summed E-state index contributed by atoms with van der Waals surface area (Å²) in [6, 6.07) is 20.9. The van der Waals surface area contributed by atoms with E-state index >= 15 is 0 Å². The lowest BCUT2D eigenvalue weighted by Gasteiger charge is -2.03. The largest absolute Gasteiger partial charge is 0.338 e. The van der Waals surface area contributed by atoms with Crippen LogP contribution in [0.25, 0.3) is 33.5 Å². The molecule has 4 aromatic rings. The van der Waals surface area contributed by atoms with Crippen molar-refractivity contribution in [1.29, 1.82) is 0 Å². The van der Waals surface area contributed by atoms with Gasteiger partial charge in [-0.3, -0.25) is 0 Å². The normalized spacial score (nSPS) is 12.4. The van der Waals surface area contributed by atoms with E-state index in [2.05, 4.69) is 47.4 Å². The van der Waals surface area contributed by atoms with E-state index in [1.807, 2.05) is 18.2 Å². The Hall–Kier alpha value is -2.58. The minimum absolute atomic E-state index is 0.718. The fraction of sp³-hybridized carbons (Fsp3) is 0.0500. The van der Waals surface area contributed by atoms with Crippen molar-refractivity contribution in [3.05, 3.63) is 76.8 Å². The molecule has 0 radical (unpaired) electrons. The SMILES string of the molecule is Clc1ccc2nc(-c3ccc4c(c3)-c3ccccc3C4)[nH]c2c1. The highest BCUT2D eigenvalue weighted by molar-refractivity contribution is 6.31. The second-order valence-electron chi connectivity index (χ2n) is 5.95. The fourth-order valence-corrected chi connectivity index (χ4v) is 3.56. The Labute approximate surface area is 138 Å².